The van der Waals surface area contributed by atoms with Gasteiger partial charge in [-0.1, -0.05) is 69.6 Å². The summed E-state index contributed by atoms with van der Waals surface area (Å²) < 4.78 is 0. The Hall–Kier alpha value is -2.93. The maximum Gasteiger partial charge on any atom is 0.270 e. The van der Waals surface area contributed by atoms with Gasteiger partial charge in [-0.05, 0) is 17.5 Å². The molecule has 1 unspecified atom stereocenters. The van der Waals surface area contributed by atoms with E-state index in [-0.39, 0.29) is 33.5 Å². The lowest BCUT2D eigenvalue weighted by Crippen LogP contribution is -2.51. The molecule has 2 amide bonds. The molecule has 7 nitrogen and oxygen atoms in total. The second kappa shape index (κ2) is 9.71. The zero-order valence-corrected chi connectivity index (χ0v) is 18.2. The molecule has 30 heavy (non-hydrogen) atoms. The van der Waals surface area contributed by atoms with Gasteiger partial charge in [0.15, 0.2) is 0 Å². The maximum absolute atomic E-state index is 12.8. The monoisotopic (exact) mass is 431 g/mol. The van der Waals surface area contributed by atoms with Crippen LogP contribution in [0.2, 0.25) is 5.02 Å². The van der Waals surface area contributed by atoms with Gasteiger partial charge in [0.2, 0.25) is 5.91 Å². The highest BCUT2D eigenvalue weighted by Crippen LogP contribution is 2.23. The molecule has 0 aromatic heterocycles. The van der Waals surface area contributed by atoms with Crippen LogP contribution in [0.1, 0.15) is 43.6 Å². The number of rotatable bonds is 8. The summed E-state index contributed by atoms with van der Waals surface area (Å²) in [4.78, 5) is 35.7. The largest absolute Gasteiger partial charge is 0.353 e. The molecular formula is C22H26ClN3O4. The van der Waals surface area contributed by atoms with Gasteiger partial charge in [0.25, 0.3) is 11.6 Å². The van der Waals surface area contributed by atoms with Crippen molar-refractivity contribution in [2.75, 3.05) is 6.54 Å². The molecule has 2 aromatic rings. The minimum Gasteiger partial charge on any atom is -0.353 e. The lowest BCUT2D eigenvalue weighted by Gasteiger charge is -2.28. The van der Waals surface area contributed by atoms with Crippen LogP contribution in [0.25, 0.3) is 0 Å². The molecule has 0 bridgehead atoms. The highest BCUT2D eigenvalue weighted by atomic mass is 35.5. The van der Waals surface area contributed by atoms with Crippen LogP contribution in [-0.4, -0.2) is 29.3 Å². The molecule has 0 radical (unpaired) electrons. The fourth-order valence-corrected chi connectivity index (χ4v) is 3.23. The molecule has 8 heteroatoms. The first kappa shape index (κ1) is 23.3. The van der Waals surface area contributed by atoms with Crippen molar-refractivity contribution in [3.05, 3.63) is 74.8 Å². The van der Waals surface area contributed by atoms with Gasteiger partial charge in [-0.15, -0.1) is 0 Å². The van der Waals surface area contributed by atoms with Crippen molar-refractivity contribution in [2.45, 2.75) is 39.2 Å². The highest BCUT2D eigenvalue weighted by molar-refractivity contribution is 6.34. The predicted octanol–water partition coefficient (Wildman–Crippen LogP) is 4.10. The molecule has 0 fully saturated rings. The third kappa shape index (κ3) is 5.79. The smallest absolute Gasteiger partial charge is 0.270 e. The molecule has 0 aliphatic rings. The molecule has 0 saturated carbocycles. The molecule has 2 aromatic carbocycles. The minimum atomic E-state index is -0.782. The summed E-state index contributed by atoms with van der Waals surface area (Å²) >= 11 is 6.03. The number of hydrogen-bond donors (Lipinski definition) is 2. The standard InChI is InChI=1S/C22H26ClN3O4/c1-14(2)19(21(28)24-13-22(3,4)15-8-6-5-7-9-15)25-20(27)17-11-10-16(26(29)30)12-18(17)23/h5-12,14,19H,13H2,1-4H3,(H,24,28)(H,25,27). The maximum atomic E-state index is 12.8. The number of amides is 2. The quantitative estimate of drug-likeness (QED) is 0.485. The molecule has 2 rings (SSSR count). The normalized spacial score (nSPS) is 12.3. The Bertz CT molecular complexity index is 929. The van der Waals surface area contributed by atoms with Crippen molar-refractivity contribution in [2.24, 2.45) is 5.92 Å². The summed E-state index contributed by atoms with van der Waals surface area (Å²) in [5.41, 5.74) is 0.667. The predicted molar refractivity (Wildman–Crippen MR) is 117 cm³/mol. The van der Waals surface area contributed by atoms with Gasteiger partial charge < -0.3 is 10.6 Å². The molecule has 1 atom stereocenters. The Morgan fingerprint density at radius 1 is 1.13 bits per heavy atom. The summed E-state index contributed by atoms with van der Waals surface area (Å²) in [6.45, 7) is 8.10. The van der Waals surface area contributed by atoms with E-state index in [1.807, 2.05) is 58.0 Å². The number of nitro groups is 1. The fourth-order valence-electron chi connectivity index (χ4n) is 2.97. The first-order valence-corrected chi connectivity index (χ1v) is 9.99. The zero-order valence-electron chi connectivity index (χ0n) is 17.4. The van der Waals surface area contributed by atoms with E-state index in [2.05, 4.69) is 10.6 Å². The SMILES string of the molecule is CC(C)C(NC(=O)c1ccc([N+](=O)[O-])cc1Cl)C(=O)NCC(C)(C)c1ccccc1. The molecule has 0 aliphatic heterocycles. The van der Waals surface area contributed by atoms with Crippen LogP contribution in [0.5, 0.6) is 0 Å². The summed E-state index contributed by atoms with van der Waals surface area (Å²) in [6.07, 6.45) is 0. The molecule has 0 spiro atoms. The van der Waals surface area contributed by atoms with E-state index >= 15 is 0 Å². The van der Waals surface area contributed by atoms with Crippen LogP contribution in [0.4, 0.5) is 5.69 Å². The summed E-state index contributed by atoms with van der Waals surface area (Å²) in [5.74, 6) is -1.04. The van der Waals surface area contributed by atoms with E-state index in [4.69, 9.17) is 11.6 Å². The number of carbonyl (C=O) groups is 2. The van der Waals surface area contributed by atoms with Gasteiger partial charge in [0.05, 0.1) is 15.5 Å². The molecular weight excluding hydrogens is 406 g/mol. The van der Waals surface area contributed by atoms with Crippen molar-refractivity contribution in [1.82, 2.24) is 10.6 Å². The summed E-state index contributed by atoms with van der Waals surface area (Å²) in [7, 11) is 0. The number of benzene rings is 2. The van der Waals surface area contributed by atoms with Crippen LogP contribution in [0.15, 0.2) is 48.5 Å². The third-order valence-electron chi connectivity index (χ3n) is 4.90. The molecule has 0 heterocycles. The van der Waals surface area contributed by atoms with E-state index in [0.29, 0.717) is 6.54 Å². The number of carbonyl (C=O) groups excluding carboxylic acids is 2. The van der Waals surface area contributed by atoms with Gasteiger partial charge in [0, 0.05) is 24.1 Å². The Morgan fingerprint density at radius 2 is 1.77 bits per heavy atom. The van der Waals surface area contributed by atoms with E-state index < -0.39 is 16.9 Å². The number of nitrogens with one attached hydrogen (secondary N) is 2. The topological polar surface area (TPSA) is 101 Å². The Labute approximate surface area is 181 Å². The minimum absolute atomic E-state index is 0.0465. The zero-order chi connectivity index (χ0) is 22.5. The van der Waals surface area contributed by atoms with Crippen LogP contribution < -0.4 is 10.6 Å². The lowest BCUT2D eigenvalue weighted by molar-refractivity contribution is -0.384. The Kier molecular flexibility index (Phi) is 7.56. The second-order valence-corrected chi connectivity index (χ2v) is 8.49. The fraction of sp³-hybridized carbons (Fsp3) is 0.364. The number of hydrogen-bond acceptors (Lipinski definition) is 4. The third-order valence-corrected chi connectivity index (χ3v) is 5.22. The summed E-state index contributed by atoms with van der Waals surface area (Å²) in [5, 5.41) is 16.4. The summed E-state index contributed by atoms with van der Waals surface area (Å²) in [6, 6.07) is 12.7. The van der Waals surface area contributed by atoms with E-state index in [1.165, 1.54) is 12.1 Å². The average molecular weight is 432 g/mol. The van der Waals surface area contributed by atoms with Crippen molar-refractivity contribution in [1.29, 1.82) is 0 Å². The van der Waals surface area contributed by atoms with Crippen molar-refractivity contribution in [3.63, 3.8) is 0 Å². The average Bonchev–Trinajstić information content (AvgIpc) is 2.70. The molecule has 2 N–H and O–H groups in total. The van der Waals surface area contributed by atoms with Crippen LogP contribution in [0, 0.1) is 16.0 Å². The van der Waals surface area contributed by atoms with Gasteiger partial charge >= 0.3 is 0 Å². The molecule has 0 saturated heterocycles. The van der Waals surface area contributed by atoms with Crippen molar-refractivity contribution < 1.29 is 14.5 Å². The lowest BCUT2D eigenvalue weighted by atomic mass is 9.84. The number of halogens is 1. The van der Waals surface area contributed by atoms with Crippen LogP contribution in [-0.2, 0) is 10.2 Å². The van der Waals surface area contributed by atoms with E-state index in [9.17, 15) is 19.7 Å². The van der Waals surface area contributed by atoms with Gasteiger partial charge in [-0.2, -0.15) is 0 Å². The first-order valence-electron chi connectivity index (χ1n) is 9.61. The van der Waals surface area contributed by atoms with Crippen LogP contribution >= 0.6 is 11.6 Å². The van der Waals surface area contributed by atoms with Gasteiger partial charge in [-0.25, -0.2) is 0 Å². The number of nitro benzene ring substituents is 1. The molecule has 160 valence electrons. The van der Waals surface area contributed by atoms with Crippen LogP contribution in [0.3, 0.4) is 0 Å². The Balaban J connectivity index is 2.09. The second-order valence-electron chi connectivity index (χ2n) is 8.08. The number of non-ortho nitro benzene ring substituents is 1. The molecule has 0 aliphatic carbocycles. The van der Waals surface area contributed by atoms with Gasteiger partial charge in [0.1, 0.15) is 6.04 Å². The van der Waals surface area contributed by atoms with E-state index in [1.54, 1.807) is 0 Å². The highest BCUT2D eigenvalue weighted by Gasteiger charge is 2.28. The van der Waals surface area contributed by atoms with Crippen molar-refractivity contribution in [3.8, 4) is 0 Å². The Morgan fingerprint density at radius 3 is 2.30 bits per heavy atom. The van der Waals surface area contributed by atoms with Gasteiger partial charge in [-0.3, -0.25) is 19.7 Å². The number of nitrogens with zero attached hydrogens (tertiary/aromatic N) is 1. The first-order chi connectivity index (χ1) is 14.0. The van der Waals surface area contributed by atoms with Crippen molar-refractivity contribution >= 4 is 29.1 Å². The van der Waals surface area contributed by atoms with E-state index in [0.717, 1.165) is 11.6 Å².